The molecule has 7 nitrogen and oxygen atoms in total. The van der Waals surface area contributed by atoms with Crippen molar-refractivity contribution in [2.24, 2.45) is 5.73 Å². The van der Waals surface area contributed by atoms with Gasteiger partial charge in [-0.25, -0.2) is 4.79 Å². The highest BCUT2D eigenvalue weighted by molar-refractivity contribution is 5.92. The molecule has 1 aliphatic rings. The predicted octanol–water partition coefficient (Wildman–Crippen LogP) is 3.92. The van der Waals surface area contributed by atoms with E-state index in [2.05, 4.69) is 6.07 Å². The van der Waals surface area contributed by atoms with Crippen LogP contribution in [0.4, 0.5) is 0 Å². The third-order valence-electron chi connectivity index (χ3n) is 4.86. The van der Waals surface area contributed by atoms with Crippen molar-refractivity contribution < 1.29 is 23.7 Å². The fourth-order valence-corrected chi connectivity index (χ4v) is 3.48. The summed E-state index contributed by atoms with van der Waals surface area (Å²) in [5.74, 6) is -0.302. The van der Waals surface area contributed by atoms with Crippen molar-refractivity contribution in [3.05, 3.63) is 82.4 Å². The molecule has 0 unspecified atom stereocenters. The minimum Gasteiger partial charge on any atom is -0.490 e. The molecule has 2 aromatic rings. The fraction of sp³-hybridized carbons (Fsp3) is 0.250. The van der Waals surface area contributed by atoms with E-state index in [1.807, 2.05) is 37.3 Å². The molecule has 0 radical (unpaired) electrons. The minimum atomic E-state index is -0.822. The van der Waals surface area contributed by atoms with Crippen LogP contribution in [0.5, 0.6) is 11.5 Å². The Hall–Kier alpha value is -3.92. The maximum Gasteiger partial charge on any atom is 0.338 e. The van der Waals surface area contributed by atoms with E-state index in [0.29, 0.717) is 23.7 Å². The van der Waals surface area contributed by atoms with Gasteiger partial charge in [-0.05, 0) is 25.5 Å². The Balaban J connectivity index is 2.16. The molecule has 31 heavy (non-hydrogen) atoms. The molecule has 0 spiro atoms. The normalized spacial score (nSPS) is 15.7. The molecule has 0 saturated carbocycles. The summed E-state index contributed by atoms with van der Waals surface area (Å²) >= 11 is 0. The summed E-state index contributed by atoms with van der Waals surface area (Å²) in [6.45, 7) is 4.17. The summed E-state index contributed by atoms with van der Waals surface area (Å²) < 4.78 is 22.4. The minimum absolute atomic E-state index is 0.0616. The van der Waals surface area contributed by atoms with Gasteiger partial charge in [-0.2, -0.15) is 5.26 Å². The van der Waals surface area contributed by atoms with Crippen LogP contribution < -0.4 is 15.2 Å². The first-order valence-electron chi connectivity index (χ1n) is 9.80. The van der Waals surface area contributed by atoms with E-state index in [4.69, 9.17) is 24.7 Å². The van der Waals surface area contributed by atoms with Gasteiger partial charge in [0.25, 0.3) is 0 Å². The van der Waals surface area contributed by atoms with E-state index in [1.165, 1.54) is 7.11 Å². The van der Waals surface area contributed by atoms with Crippen LogP contribution >= 0.6 is 0 Å². The van der Waals surface area contributed by atoms with Gasteiger partial charge in [0.1, 0.15) is 24.0 Å². The summed E-state index contributed by atoms with van der Waals surface area (Å²) in [4.78, 5) is 12.6. The number of nitrogens with two attached hydrogens (primary N) is 1. The van der Waals surface area contributed by atoms with Gasteiger partial charge in [0, 0.05) is 5.56 Å². The molecule has 1 aliphatic heterocycles. The van der Waals surface area contributed by atoms with Gasteiger partial charge in [0.2, 0.25) is 5.88 Å². The molecule has 1 heterocycles. The van der Waals surface area contributed by atoms with Gasteiger partial charge in [-0.1, -0.05) is 42.5 Å². The smallest absolute Gasteiger partial charge is 0.338 e. The molecular formula is C24H24N2O5. The molecule has 1 atom stereocenters. The average Bonchev–Trinajstić information content (AvgIpc) is 2.78. The number of para-hydroxylation sites is 1. The standard InChI is InChI=1S/C24H24N2O5/c1-4-29-19-12-8-11-17(22(19)30-14-16-9-6-5-7-10-16)21-18(13-25)23(26)31-15(2)20(21)24(27)28-3/h5-12,21H,4,14,26H2,1-3H3/t21-/m0/s1. The second-order valence-corrected chi connectivity index (χ2v) is 6.77. The molecule has 2 aromatic carbocycles. The Morgan fingerprint density at radius 2 is 1.90 bits per heavy atom. The molecule has 0 bridgehead atoms. The Bertz CT molecular complexity index is 1070. The lowest BCUT2D eigenvalue weighted by Gasteiger charge is -2.28. The zero-order chi connectivity index (χ0) is 22.4. The quantitative estimate of drug-likeness (QED) is 0.677. The first-order chi connectivity index (χ1) is 15.0. The molecule has 0 saturated heterocycles. The summed E-state index contributed by atoms with van der Waals surface area (Å²) in [6, 6.07) is 17.1. The number of hydrogen-bond acceptors (Lipinski definition) is 7. The number of methoxy groups -OCH3 is 1. The van der Waals surface area contributed by atoms with Gasteiger partial charge >= 0.3 is 5.97 Å². The summed E-state index contributed by atoms with van der Waals surface area (Å²) in [6.07, 6.45) is 0. The maximum atomic E-state index is 12.6. The number of carbonyl (C=O) groups excluding carboxylic acids is 1. The maximum absolute atomic E-state index is 12.6. The molecule has 0 aromatic heterocycles. The Kier molecular flexibility index (Phi) is 6.83. The number of rotatable bonds is 7. The number of nitrogens with zero attached hydrogens (tertiary/aromatic N) is 1. The van der Waals surface area contributed by atoms with E-state index in [-0.39, 0.29) is 29.4 Å². The molecular weight excluding hydrogens is 396 g/mol. The van der Waals surface area contributed by atoms with E-state index < -0.39 is 11.9 Å². The van der Waals surface area contributed by atoms with Crippen molar-refractivity contribution in [2.45, 2.75) is 26.4 Å². The van der Waals surface area contributed by atoms with E-state index in [0.717, 1.165) is 5.56 Å². The van der Waals surface area contributed by atoms with E-state index in [1.54, 1.807) is 25.1 Å². The van der Waals surface area contributed by atoms with Crippen LogP contribution in [0.25, 0.3) is 0 Å². The van der Waals surface area contributed by atoms with Crippen molar-refractivity contribution in [3.63, 3.8) is 0 Å². The van der Waals surface area contributed by atoms with Gasteiger partial charge in [0.15, 0.2) is 11.5 Å². The third-order valence-corrected chi connectivity index (χ3v) is 4.86. The first-order valence-corrected chi connectivity index (χ1v) is 9.80. The van der Waals surface area contributed by atoms with Crippen LogP contribution in [0.15, 0.2) is 71.3 Å². The average molecular weight is 420 g/mol. The Morgan fingerprint density at radius 3 is 2.55 bits per heavy atom. The molecule has 0 fully saturated rings. The predicted molar refractivity (Wildman–Crippen MR) is 114 cm³/mol. The van der Waals surface area contributed by atoms with Crippen molar-refractivity contribution in [3.8, 4) is 17.6 Å². The number of nitriles is 1. The third kappa shape index (κ3) is 4.48. The number of benzene rings is 2. The lowest BCUT2D eigenvalue weighted by Crippen LogP contribution is -2.25. The molecule has 2 N–H and O–H groups in total. The second kappa shape index (κ2) is 9.72. The van der Waals surface area contributed by atoms with Crippen LogP contribution in [0, 0.1) is 11.3 Å². The van der Waals surface area contributed by atoms with Crippen LogP contribution in [-0.4, -0.2) is 19.7 Å². The molecule has 3 rings (SSSR count). The lowest BCUT2D eigenvalue weighted by molar-refractivity contribution is -0.136. The molecule has 0 aliphatic carbocycles. The van der Waals surface area contributed by atoms with Crippen molar-refractivity contribution in [1.29, 1.82) is 5.26 Å². The highest BCUT2D eigenvalue weighted by Crippen LogP contribution is 2.46. The highest BCUT2D eigenvalue weighted by Gasteiger charge is 2.38. The number of allylic oxidation sites excluding steroid dienone is 2. The van der Waals surface area contributed by atoms with Crippen molar-refractivity contribution in [2.75, 3.05) is 13.7 Å². The monoisotopic (exact) mass is 420 g/mol. The zero-order valence-electron chi connectivity index (χ0n) is 17.7. The number of esters is 1. The fourth-order valence-electron chi connectivity index (χ4n) is 3.48. The highest BCUT2D eigenvalue weighted by atomic mass is 16.5. The molecule has 0 amide bonds. The van der Waals surface area contributed by atoms with Crippen LogP contribution in [0.3, 0.4) is 0 Å². The first kappa shape index (κ1) is 21.8. The topological polar surface area (TPSA) is 104 Å². The SMILES string of the molecule is CCOc1cccc([C@H]2C(C#N)=C(N)OC(C)=C2C(=O)OC)c1OCc1ccccc1. The van der Waals surface area contributed by atoms with Crippen LogP contribution in [0.1, 0.15) is 30.9 Å². The summed E-state index contributed by atoms with van der Waals surface area (Å²) in [5.41, 5.74) is 7.81. The van der Waals surface area contributed by atoms with Gasteiger partial charge in [0.05, 0.1) is 25.2 Å². The number of ether oxygens (including phenoxy) is 4. The van der Waals surface area contributed by atoms with Crippen LogP contribution in [-0.2, 0) is 20.9 Å². The number of hydrogen-bond donors (Lipinski definition) is 1. The molecule has 160 valence electrons. The Labute approximate surface area is 181 Å². The van der Waals surface area contributed by atoms with Gasteiger partial charge < -0.3 is 24.7 Å². The Morgan fingerprint density at radius 1 is 1.16 bits per heavy atom. The van der Waals surface area contributed by atoms with Crippen molar-refractivity contribution >= 4 is 5.97 Å². The van der Waals surface area contributed by atoms with E-state index >= 15 is 0 Å². The zero-order valence-corrected chi connectivity index (χ0v) is 17.7. The van der Waals surface area contributed by atoms with Crippen LogP contribution in [0.2, 0.25) is 0 Å². The van der Waals surface area contributed by atoms with E-state index in [9.17, 15) is 10.1 Å². The molecule has 7 heteroatoms. The lowest BCUT2D eigenvalue weighted by atomic mass is 9.82. The second-order valence-electron chi connectivity index (χ2n) is 6.77. The number of carbonyl (C=O) groups is 1. The van der Waals surface area contributed by atoms with Gasteiger partial charge in [-0.15, -0.1) is 0 Å². The summed E-state index contributed by atoms with van der Waals surface area (Å²) in [7, 11) is 1.27. The van der Waals surface area contributed by atoms with Crippen molar-refractivity contribution in [1.82, 2.24) is 0 Å². The summed E-state index contributed by atoms with van der Waals surface area (Å²) in [5, 5.41) is 9.81. The largest absolute Gasteiger partial charge is 0.490 e. The van der Waals surface area contributed by atoms with Gasteiger partial charge in [-0.3, -0.25) is 0 Å².